The van der Waals surface area contributed by atoms with Gasteiger partial charge in [-0.1, -0.05) is 33.1 Å². The Bertz CT molecular complexity index is 286. The van der Waals surface area contributed by atoms with Crippen LogP contribution in [0.3, 0.4) is 0 Å². The molecular weight excluding hydrogens is 284 g/mol. The number of nitrogens with one attached hydrogen (secondary N) is 1. The summed E-state index contributed by atoms with van der Waals surface area (Å²) < 4.78 is 0. The molecular formula is C17H35ClN2O. The summed E-state index contributed by atoms with van der Waals surface area (Å²) >= 11 is 0. The molecule has 1 aliphatic heterocycles. The van der Waals surface area contributed by atoms with Crippen LogP contribution < -0.4 is 5.32 Å². The second kappa shape index (κ2) is 11.3. The molecule has 21 heavy (non-hydrogen) atoms. The number of halogens is 1. The zero-order valence-electron chi connectivity index (χ0n) is 14.4. The van der Waals surface area contributed by atoms with E-state index in [0.717, 1.165) is 45.2 Å². The summed E-state index contributed by atoms with van der Waals surface area (Å²) in [6.45, 7) is 10.8. The minimum atomic E-state index is 0. The maximum absolute atomic E-state index is 12.9. The summed E-state index contributed by atoms with van der Waals surface area (Å²) in [5.41, 5.74) is 0. The van der Waals surface area contributed by atoms with Gasteiger partial charge in [0, 0.05) is 24.5 Å². The minimum absolute atomic E-state index is 0. The van der Waals surface area contributed by atoms with Gasteiger partial charge in [-0.25, -0.2) is 0 Å². The Morgan fingerprint density at radius 2 is 2.00 bits per heavy atom. The van der Waals surface area contributed by atoms with Crippen molar-refractivity contribution in [1.29, 1.82) is 0 Å². The average Bonchev–Trinajstić information content (AvgIpc) is 2.43. The predicted octanol–water partition coefficient (Wildman–Crippen LogP) is 4.00. The van der Waals surface area contributed by atoms with E-state index in [4.69, 9.17) is 0 Å². The molecule has 1 saturated heterocycles. The first-order valence-electron chi connectivity index (χ1n) is 8.63. The molecule has 0 radical (unpaired) electrons. The molecule has 0 spiro atoms. The number of carbonyl (C=O) groups excluding carboxylic acids is 1. The molecule has 1 fully saturated rings. The van der Waals surface area contributed by atoms with Crippen LogP contribution in [0.15, 0.2) is 0 Å². The van der Waals surface area contributed by atoms with E-state index >= 15 is 0 Å². The van der Waals surface area contributed by atoms with E-state index < -0.39 is 0 Å². The molecule has 1 heterocycles. The van der Waals surface area contributed by atoms with Crippen LogP contribution in [0.2, 0.25) is 0 Å². The highest BCUT2D eigenvalue weighted by molar-refractivity contribution is 5.85. The maximum Gasteiger partial charge on any atom is 0.226 e. The van der Waals surface area contributed by atoms with Crippen LogP contribution in [0, 0.1) is 5.92 Å². The third kappa shape index (κ3) is 7.01. The topological polar surface area (TPSA) is 32.3 Å². The van der Waals surface area contributed by atoms with Gasteiger partial charge in [-0.15, -0.1) is 12.4 Å². The molecule has 1 aliphatic rings. The number of rotatable bonds is 8. The molecule has 3 nitrogen and oxygen atoms in total. The van der Waals surface area contributed by atoms with E-state index in [9.17, 15) is 4.79 Å². The van der Waals surface area contributed by atoms with Gasteiger partial charge < -0.3 is 10.2 Å². The fourth-order valence-corrected chi connectivity index (χ4v) is 3.24. The Morgan fingerprint density at radius 1 is 1.29 bits per heavy atom. The van der Waals surface area contributed by atoms with Crippen molar-refractivity contribution in [3.8, 4) is 0 Å². The number of hydrogen-bond acceptors (Lipinski definition) is 2. The summed E-state index contributed by atoms with van der Waals surface area (Å²) in [4.78, 5) is 15.0. The molecule has 126 valence electrons. The van der Waals surface area contributed by atoms with E-state index in [1.807, 2.05) is 0 Å². The van der Waals surface area contributed by atoms with E-state index in [1.54, 1.807) is 0 Å². The lowest BCUT2D eigenvalue weighted by atomic mass is 9.91. The highest BCUT2D eigenvalue weighted by Crippen LogP contribution is 2.21. The van der Waals surface area contributed by atoms with Gasteiger partial charge in [0.05, 0.1) is 0 Å². The monoisotopic (exact) mass is 318 g/mol. The Hall–Kier alpha value is -0.280. The second-order valence-electron chi connectivity index (χ2n) is 6.45. The molecule has 1 N–H and O–H groups in total. The lowest BCUT2D eigenvalue weighted by molar-refractivity contribution is -0.139. The molecule has 3 atom stereocenters. The molecule has 0 saturated carbocycles. The van der Waals surface area contributed by atoms with E-state index in [1.165, 1.54) is 12.8 Å². The van der Waals surface area contributed by atoms with Crippen LogP contribution in [0.4, 0.5) is 0 Å². The zero-order valence-corrected chi connectivity index (χ0v) is 15.2. The number of piperidine rings is 1. The summed E-state index contributed by atoms with van der Waals surface area (Å²) in [5.74, 6) is 0.655. The highest BCUT2D eigenvalue weighted by Gasteiger charge is 2.30. The van der Waals surface area contributed by atoms with Crippen LogP contribution >= 0.6 is 12.4 Å². The Labute approximate surface area is 137 Å². The van der Waals surface area contributed by atoms with Gasteiger partial charge >= 0.3 is 0 Å². The van der Waals surface area contributed by atoms with Gasteiger partial charge in [-0.2, -0.15) is 0 Å². The summed E-state index contributed by atoms with van der Waals surface area (Å²) in [6, 6.07) is 0.881. The normalized spacial score (nSPS) is 23.2. The van der Waals surface area contributed by atoms with Crippen LogP contribution in [0.1, 0.15) is 72.6 Å². The van der Waals surface area contributed by atoms with Crippen LogP contribution in [0.5, 0.6) is 0 Å². The Morgan fingerprint density at radius 3 is 2.57 bits per heavy atom. The van der Waals surface area contributed by atoms with Crippen molar-refractivity contribution < 1.29 is 4.79 Å². The van der Waals surface area contributed by atoms with Crippen molar-refractivity contribution >= 4 is 18.3 Å². The molecule has 4 heteroatoms. The third-order valence-corrected chi connectivity index (χ3v) is 4.50. The molecule has 0 aliphatic carbocycles. The lowest BCUT2D eigenvalue weighted by Crippen LogP contribution is -2.47. The van der Waals surface area contributed by atoms with Crippen molar-refractivity contribution in [2.24, 2.45) is 5.92 Å². The van der Waals surface area contributed by atoms with Crippen molar-refractivity contribution in [2.75, 3.05) is 13.1 Å². The van der Waals surface area contributed by atoms with Gasteiger partial charge in [-0.05, 0) is 46.1 Å². The van der Waals surface area contributed by atoms with Crippen LogP contribution in [-0.2, 0) is 4.79 Å². The van der Waals surface area contributed by atoms with Crippen molar-refractivity contribution in [1.82, 2.24) is 10.2 Å². The molecule has 0 aromatic rings. The number of hydrogen-bond donors (Lipinski definition) is 1. The average molecular weight is 319 g/mol. The smallest absolute Gasteiger partial charge is 0.226 e. The van der Waals surface area contributed by atoms with Crippen LogP contribution in [-0.4, -0.2) is 36.0 Å². The van der Waals surface area contributed by atoms with Crippen molar-refractivity contribution in [3.05, 3.63) is 0 Å². The first kappa shape index (κ1) is 20.7. The van der Waals surface area contributed by atoms with Crippen molar-refractivity contribution in [2.45, 2.75) is 84.7 Å². The Kier molecular flexibility index (Phi) is 11.2. The summed E-state index contributed by atoms with van der Waals surface area (Å²) in [7, 11) is 0. The third-order valence-electron chi connectivity index (χ3n) is 4.50. The molecule has 1 unspecified atom stereocenters. The standard InChI is InChI=1S/C17H34N2O.ClH/c1-5-7-8-12-19(15(4)9-6-2)17(20)16-10-11-18-14(3)13-16;/h14-16,18H,5-13H2,1-4H3;1H/t14-,15?,16-;/m0./s1. The molecule has 0 bridgehead atoms. The van der Waals surface area contributed by atoms with Gasteiger partial charge in [-0.3, -0.25) is 4.79 Å². The zero-order chi connectivity index (χ0) is 15.0. The van der Waals surface area contributed by atoms with Crippen molar-refractivity contribution in [3.63, 3.8) is 0 Å². The Balaban J connectivity index is 0.00000400. The molecule has 1 amide bonds. The number of carbonyl (C=O) groups is 1. The molecule has 0 aromatic heterocycles. The van der Waals surface area contributed by atoms with Crippen LogP contribution in [0.25, 0.3) is 0 Å². The first-order chi connectivity index (χ1) is 9.60. The number of unbranched alkanes of at least 4 members (excludes halogenated alkanes) is 2. The van der Waals surface area contributed by atoms with Gasteiger partial charge in [0.1, 0.15) is 0 Å². The minimum Gasteiger partial charge on any atom is -0.340 e. The van der Waals surface area contributed by atoms with Gasteiger partial charge in [0.15, 0.2) is 0 Å². The number of amides is 1. The highest BCUT2D eigenvalue weighted by atomic mass is 35.5. The lowest BCUT2D eigenvalue weighted by Gasteiger charge is -2.35. The summed E-state index contributed by atoms with van der Waals surface area (Å²) in [5, 5.41) is 3.44. The summed E-state index contributed by atoms with van der Waals surface area (Å²) in [6.07, 6.45) is 7.88. The molecule has 1 rings (SSSR count). The maximum atomic E-state index is 12.9. The second-order valence-corrected chi connectivity index (χ2v) is 6.45. The van der Waals surface area contributed by atoms with E-state index in [-0.39, 0.29) is 18.3 Å². The molecule has 0 aromatic carbocycles. The fourth-order valence-electron chi connectivity index (χ4n) is 3.24. The number of nitrogens with zero attached hydrogens (tertiary/aromatic N) is 1. The predicted molar refractivity (Wildman–Crippen MR) is 93.0 cm³/mol. The van der Waals surface area contributed by atoms with Gasteiger partial charge in [0.25, 0.3) is 0 Å². The van der Waals surface area contributed by atoms with Gasteiger partial charge in [0.2, 0.25) is 5.91 Å². The van der Waals surface area contributed by atoms with E-state index in [2.05, 4.69) is 37.9 Å². The SMILES string of the molecule is CCCCCN(C(=O)[C@H]1CCN[C@@H](C)C1)C(C)CCC.Cl. The quantitative estimate of drug-likeness (QED) is 0.686. The first-order valence-corrected chi connectivity index (χ1v) is 8.63. The van der Waals surface area contributed by atoms with E-state index in [0.29, 0.717) is 18.0 Å². The fraction of sp³-hybridized carbons (Fsp3) is 0.941. The largest absolute Gasteiger partial charge is 0.340 e.